The molecule has 1 aliphatic heterocycles. The first-order valence-corrected chi connectivity index (χ1v) is 6.81. The first-order chi connectivity index (χ1) is 9.47. The number of nitrogens with one attached hydrogen (secondary N) is 1. The minimum Gasteiger partial charge on any atom is -0.341 e. The third-order valence-electron chi connectivity index (χ3n) is 3.29. The number of rotatable bonds is 3. The van der Waals surface area contributed by atoms with Crippen molar-refractivity contribution in [3.63, 3.8) is 0 Å². The second kappa shape index (κ2) is 5.90. The maximum absolute atomic E-state index is 12.3. The first kappa shape index (κ1) is 14.3. The molecule has 2 rings (SSSR count). The second-order valence-electron chi connectivity index (χ2n) is 5.40. The van der Waals surface area contributed by atoms with Gasteiger partial charge in [0.05, 0.1) is 0 Å². The van der Waals surface area contributed by atoms with Crippen LogP contribution in [-0.2, 0) is 9.59 Å². The summed E-state index contributed by atoms with van der Waals surface area (Å²) >= 11 is 0. The Morgan fingerprint density at radius 1 is 1.30 bits per heavy atom. The van der Waals surface area contributed by atoms with Crippen LogP contribution in [0, 0.1) is 6.92 Å². The molecule has 0 aromatic heterocycles. The summed E-state index contributed by atoms with van der Waals surface area (Å²) in [5, 5.41) is 2.76. The van der Waals surface area contributed by atoms with E-state index in [1.54, 1.807) is 4.90 Å². The normalized spacial score (nSPS) is 18.1. The van der Waals surface area contributed by atoms with Crippen LogP contribution < -0.4 is 10.2 Å². The van der Waals surface area contributed by atoms with E-state index in [2.05, 4.69) is 5.32 Å². The van der Waals surface area contributed by atoms with Crippen LogP contribution in [0.25, 0.3) is 0 Å². The maximum Gasteiger partial charge on any atom is 0.249 e. The summed E-state index contributed by atoms with van der Waals surface area (Å²) in [5.41, 5.74) is 2.97. The zero-order chi connectivity index (χ0) is 14.7. The topological polar surface area (TPSA) is 49.4 Å². The van der Waals surface area contributed by atoms with Gasteiger partial charge in [-0.2, -0.15) is 0 Å². The average molecular weight is 272 g/mol. The molecule has 1 fully saturated rings. The Morgan fingerprint density at radius 2 is 1.95 bits per heavy atom. The summed E-state index contributed by atoms with van der Waals surface area (Å²) in [6.45, 7) is 6.36. The molecular weight excluding hydrogens is 252 g/mol. The van der Waals surface area contributed by atoms with Crippen molar-refractivity contribution in [2.75, 3.05) is 11.4 Å². The van der Waals surface area contributed by atoms with Gasteiger partial charge in [0.25, 0.3) is 0 Å². The summed E-state index contributed by atoms with van der Waals surface area (Å²) < 4.78 is 0. The lowest BCUT2D eigenvalue weighted by Crippen LogP contribution is -2.41. The number of carbonyl (C=O) groups excluding carboxylic acids is 2. The summed E-state index contributed by atoms with van der Waals surface area (Å²) in [6.07, 6.45) is 2.16. The zero-order valence-electron chi connectivity index (χ0n) is 12.1. The van der Waals surface area contributed by atoms with Crippen LogP contribution in [0.4, 0.5) is 5.69 Å². The van der Waals surface area contributed by atoms with Crippen molar-refractivity contribution in [1.29, 1.82) is 0 Å². The molecule has 4 heteroatoms. The van der Waals surface area contributed by atoms with Crippen LogP contribution in [0.1, 0.15) is 25.8 Å². The van der Waals surface area contributed by atoms with E-state index < -0.39 is 6.04 Å². The fourth-order valence-electron chi connectivity index (χ4n) is 2.27. The third kappa shape index (κ3) is 3.26. The molecular formula is C16H20N2O2. The molecule has 106 valence electrons. The van der Waals surface area contributed by atoms with Crippen molar-refractivity contribution in [2.45, 2.75) is 33.2 Å². The highest BCUT2D eigenvalue weighted by atomic mass is 16.2. The Morgan fingerprint density at radius 3 is 2.55 bits per heavy atom. The van der Waals surface area contributed by atoms with Crippen LogP contribution >= 0.6 is 0 Å². The molecule has 0 aliphatic carbocycles. The molecule has 1 aromatic carbocycles. The Hall–Kier alpha value is -2.10. The zero-order valence-corrected chi connectivity index (χ0v) is 12.1. The lowest BCUT2D eigenvalue weighted by atomic mass is 10.2. The maximum atomic E-state index is 12.3. The number of carbonyl (C=O) groups is 2. The van der Waals surface area contributed by atoms with Gasteiger partial charge in [-0.1, -0.05) is 23.3 Å². The van der Waals surface area contributed by atoms with Gasteiger partial charge in [-0.25, -0.2) is 0 Å². The fraction of sp³-hybridized carbons (Fsp3) is 0.375. The van der Waals surface area contributed by atoms with Crippen molar-refractivity contribution in [3.8, 4) is 0 Å². The van der Waals surface area contributed by atoms with Gasteiger partial charge in [-0.3, -0.25) is 9.59 Å². The van der Waals surface area contributed by atoms with Gasteiger partial charge in [-0.05, 0) is 39.3 Å². The largest absolute Gasteiger partial charge is 0.341 e. The molecule has 1 heterocycles. The highest BCUT2D eigenvalue weighted by Gasteiger charge is 2.33. The minimum absolute atomic E-state index is 0.0376. The highest BCUT2D eigenvalue weighted by Crippen LogP contribution is 2.21. The number of allylic oxidation sites excluding steroid dienone is 1. The molecule has 1 atom stereocenters. The number of amides is 2. The molecule has 0 radical (unpaired) electrons. The average Bonchev–Trinajstić information content (AvgIpc) is 2.71. The van der Waals surface area contributed by atoms with Crippen LogP contribution in [0.3, 0.4) is 0 Å². The Balaban J connectivity index is 2.04. The second-order valence-corrected chi connectivity index (χ2v) is 5.40. The van der Waals surface area contributed by atoms with Gasteiger partial charge in [-0.15, -0.1) is 0 Å². The molecule has 0 saturated carbocycles. The van der Waals surface area contributed by atoms with Gasteiger partial charge in [0.2, 0.25) is 11.8 Å². The van der Waals surface area contributed by atoms with Crippen molar-refractivity contribution in [3.05, 3.63) is 41.5 Å². The summed E-state index contributed by atoms with van der Waals surface area (Å²) in [6, 6.07) is 7.43. The van der Waals surface area contributed by atoms with Gasteiger partial charge in [0.1, 0.15) is 6.04 Å². The van der Waals surface area contributed by atoms with E-state index in [0.717, 1.165) is 16.8 Å². The standard InChI is InChI=1S/C16H20N2O2/c1-11(2)10-15(19)17-14-8-9-18(16(14)20)13-6-4-12(3)5-7-13/h4-7,10,14H,8-9H2,1-3H3,(H,17,19)/t14-/m1/s1. The lowest BCUT2D eigenvalue weighted by Gasteiger charge is -2.17. The molecule has 0 unspecified atom stereocenters. The number of hydrogen-bond donors (Lipinski definition) is 1. The van der Waals surface area contributed by atoms with Crippen molar-refractivity contribution in [1.82, 2.24) is 5.32 Å². The predicted molar refractivity (Wildman–Crippen MR) is 79.5 cm³/mol. The van der Waals surface area contributed by atoms with Gasteiger partial charge < -0.3 is 10.2 Å². The summed E-state index contributed by atoms with van der Waals surface area (Å²) in [4.78, 5) is 25.7. The predicted octanol–water partition coefficient (Wildman–Crippen LogP) is 2.18. The molecule has 2 amide bonds. The number of nitrogens with zero attached hydrogens (tertiary/aromatic N) is 1. The van der Waals surface area contributed by atoms with Crippen LogP contribution in [0.2, 0.25) is 0 Å². The number of hydrogen-bond acceptors (Lipinski definition) is 2. The highest BCUT2D eigenvalue weighted by molar-refractivity contribution is 6.02. The Kier molecular flexibility index (Phi) is 4.23. The molecule has 1 N–H and O–H groups in total. The van der Waals surface area contributed by atoms with E-state index in [-0.39, 0.29) is 11.8 Å². The quantitative estimate of drug-likeness (QED) is 0.857. The first-order valence-electron chi connectivity index (χ1n) is 6.81. The van der Waals surface area contributed by atoms with Crippen molar-refractivity contribution < 1.29 is 9.59 Å². The van der Waals surface area contributed by atoms with E-state index in [9.17, 15) is 9.59 Å². The van der Waals surface area contributed by atoms with Gasteiger partial charge >= 0.3 is 0 Å². The summed E-state index contributed by atoms with van der Waals surface area (Å²) in [7, 11) is 0. The van der Waals surface area contributed by atoms with Crippen LogP contribution in [0.15, 0.2) is 35.9 Å². The van der Waals surface area contributed by atoms with Crippen molar-refractivity contribution in [2.24, 2.45) is 0 Å². The van der Waals surface area contributed by atoms with Gasteiger partial charge in [0.15, 0.2) is 0 Å². The van der Waals surface area contributed by atoms with E-state index in [4.69, 9.17) is 0 Å². The van der Waals surface area contributed by atoms with E-state index >= 15 is 0 Å². The lowest BCUT2D eigenvalue weighted by molar-refractivity contribution is -0.123. The molecule has 1 aliphatic rings. The fourth-order valence-corrected chi connectivity index (χ4v) is 2.27. The molecule has 4 nitrogen and oxygen atoms in total. The molecule has 1 aromatic rings. The van der Waals surface area contributed by atoms with Crippen LogP contribution in [0.5, 0.6) is 0 Å². The SMILES string of the molecule is CC(C)=CC(=O)N[C@@H]1CCN(c2ccc(C)cc2)C1=O. The molecule has 1 saturated heterocycles. The van der Waals surface area contributed by atoms with E-state index in [0.29, 0.717) is 13.0 Å². The Labute approximate surface area is 119 Å². The van der Waals surface area contributed by atoms with Gasteiger partial charge in [0, 0.05) is 18.3 Å². The number of benzene rings is 1. The van der Waals surface area contributed by atoms with Crippen molar-refractivity contribution >= 4 is 17.5 Å². The van der Waals surface area contributed by atoms with Crippen LogP contribution in [-0.4, -0.2) is 24.4 Å². The summed E-state index contributed by atoms with van der Waals surface area (Å²) in [5.74, 6) is -0.238. The van der Waals surface area contributed by atoms with E-state index in [1.165, 1.54) is 6.08 Å². The smallest absolute Gasteiger partial charge is 0.249 e. The molecule has 0 bridgehead atoms. The minimum atomic E-state index is -0.417. The number of aryl methyl sites for hydroxylation is 1. The number of anilines is 1. The Bertz CT molecular complexity index is 542. The third-order valence-corrected chi connectivity index (χ3v) is 3.29. The monoisotopic (exact) mass is 272 g/mol. The van der Waals surface area contributed by atoms with E-state index in [1.807, 2.05) is 45.0 Å². The molecule has 20 heavy (non-hydrogen) atoms. The molecule has 0 spiro atoms.